The van der Waals surface area contributed by atoms with Crippen LogP contribution in [0.1, 0.15) is 316 Å². The lowest BCUT2D eigenvalue weighted by atomic mass is 10.0. The summed E-state index contributed by atoms with van der Waals surface area (Å²) in [5.74, 6) is -0.995. The molecule has 0 fully saturated rings. The highest BCUT2D eigenvalue weighted by atomic mass is 16.6. The quantitative estimate of drug-likeness (QED) is 0.0261. The summed E-state index contributed by atoms with van der Waals surface area (Å²) in [6.45, 7) is 6.47. The second-order valence-corrected chi connectivity index (χ2v) is 22.0. The highest BCUT2D eigenvalue weighted by molar-refractivity contribution is 5.71. The minimum atomic E-state index is -0.824. The Kier molecular flexibility index (Phi) is 63.3. The number of unbranched alkanes of at least 4 members (excludes halogenated alkanes) is 31. The summed E-state index contributed by atoms with van der Waals surface area (Å²) in [6, 6.07) is 0. The van der Waals surface area contributed by atoms with Crippen molar-refractivity contribution in [1.82, 2.24) is 0 Å². The average Bonchev–Trinajstić information content (AvgIpc) is 3.45. The van der Waals surface area contributed by atoms with Crippen molar-refractivity contribution < 1.29 is 28.6 Å². The van der Waals surface area contributed by atoms with Gasteiger partial charge in [-0.05, 0) is 116 Å². The lowest BCUT2D eigenvalue weighted by molar-refractivity contribution is -0.166. The summed E-state index contributed by atoms with van der Waals surface area (Å²) in [6.07, 6.45) is 91.2. The van der Waals surface area contributed by atoms with Gasteiger partial charge in [-0.25, -0.2) is 0 Å². The Hall–Kier alpha value is -3.93. The molecule has 0 aromatic carbocycles. The van der Waals surface area contributed by atoms with E-state index in [9.17, 15) is 14.4 Å². The third-order valence-corrected chi connectivity index (χ3v) is 14.2. The van der Waals surface area contributed by atoms with Gasteiger partial charge in [0.15, 0.2) is 6.10 Å². The Balaban J connectivity index is 4.39. The van der Waals surface area contributed by atoms with E-state index in [1.165, 1.54) is 173 Å². The molecule has 0 radical (unpaired) electrons. The molecule has 0 saturated heterocycles. The van der Waals surface area contributed by atoms with Crippen LogP contribution in [0.15, 0.2) is 109 Å². The Morgan fingerprint density at radius 1 is 0.266 bits per heavy atom. The molecule has 0 aliphatic carbocycles. The monoisotopic (exact) mass is 1100 g/mol. The fourth-order valence-corrected chi connectivity index (χ4v) is 9.26. The van der Waals surface area contributed by atoms with Crippen LogP contribution in [0, 0.1) is 0 Å². The van der Waals surface area contributed by atoms with Gasteiger partial charge in [0.25, 0.3) is 0 Å². The molecule has 0 saturated carbocycles. The molecule has 79 heavy (non-hydrogen) atoms. The third kappa shape index (κ3) is 64.8. The third-order valence-electron chi connectivity index (χ3n) is 14.2. The van der Waals surface area contributed by atoms with E-state index in [4.69, 9.17) is 14.2 Å². The zero-order chi connectivity index (χ0) is 57.1. The number of carbonyl (C=O) groups excluding carboxylic acids is 3. The van der Waals surface area contributed by atoms with E-state index in [1.807, 2.05) is 6.08 Å². The van der Waals surface area contributed by atoms with Crippen LogP contribution in [0.3, 0.4) is 0 Å². The summed E-state index contributed by atoms with van der Waals surface area (Å²) >= 11 is 0. The normalized spacial score (nSPS) is 12.8. The molecular weight excluding hydrogens is 973 g/mol. The molecule has 1 unspecified atom stereocenters. The minimum absolute atomic E-state index is 0.110. The summed E-state index contributed by atoms with van der Waals surface area (Å²) in [5.41, 5.74) is 0. The van der Waals surface area contributed by atoms with Gasteiger partial charge in [0.05, 0.1) is 0 Å². The summed E-state index contributed by atoms with van der Waals surface area (Å²) in [4.78, 5) is 38.3. The van der Waals surface area contributed by atoms with Gasteiger partial charge in [-0.2, -0.15) is 0 Å². The molecule has 0 aliphatic heterocycles. The molecule has 0 heterocycles. The predicted molar refractivity (Wildman–Crippen MR) is 343 cm³/mol. The smallest absolute Gasteiger partial charge is 0.306 e. The number of esters is 3. The van der Waals surface area contributed by atoms with Crippen molar-refractivity contribution in [3.63, 3.8) is 0 Å². The average molecular weight is 1100 g/mol. The van der Waals surface area contributed by atoms with E-state index in [0.29, 0.717) is 19.3 Å². The molecule has 0 N–H and O–H groups in total. The molecular formula is C73H124O6. The van der Waals surface area contributed by atoms with E-state index < -0.39 is 12.1 Å². The van der Waals surface area contributed by atoms with Gasteiger partial charge in [0, 0.05) is 19.3 Å². The number of carbonyl (C=O) groups is 3. The van der Waals surface area contributed by atoms with Gasteiger partial charge >= 0.3 is 17.9 Å². The number of hydrogen-bond donors (Lipinski definition) is 0. The zero-order valence-corrected chi connectivity index (χ0v) is 51.9. The first-order valence-electron chi connectivity index (χ1n) is 33.4. The van der Waals surface area contributed by atoms with Gasteiger partial charge in [0.1, 0.15) is 13.2 Å². The van der Waals surface area contributed by atoms with Crippen LogP contribution >= 0.6 is 0 Å². The van der Waals surface area contributed by atoms with Crippen LogP contribution < -0.4 is 0 Å². The Morgan fingerprint density at radius 3 is 0.835 bits per heavy atom. The maximum atomic E-state index is 12.9. The van der Waals surface area contributed by atoms with Crippen molar-refractivity contribution in [3.05, 3.63) is 109 Å². The summed E-state index contributed by atoms with van der Waals surface area (Å²) in [5, 5.41) is 0. The van der Waals surface area contributed by atoms with Crippen LogP contribution in [-0.4, -0.2) is 37.2 Å². The summed E-state index contributed by atoms with van der Waals surface area (Å²) in [7, 11) is 0. The molecule has 0 aromatic heterocycles. The first kappa shape index (κ1) is 75.1. The number of rotatable bonds is 60. The topological polar surface area (TPSA) is 78.9 Å². The molecule has 452 valence electrons. The van der Waals surface area contributed by atoms with Crippen molar-refractivity contribution in [1.29, 1.82) is 0 Å². The maximum absolute atomic E-state index is 12.9. The molecule has 6 heteroatoms. The number of allylic oxidation sites excluding steroid dienone is 18. The zero-order valence-electron chi connectivity index (χ0n) is 51.9. The van der Waals surface area contributed by atoms with E-state index in [2.05, 4.69) is 124 Å². The highest BCUT2D eigenvalue weighted by Crippen LogP contribution is 2.16. The Labute approximate surface area is 489 Å². The summed E-state index contributed by atoms with van der Waals surface area (Å²) < 4.78 is 16.9. The first-order valence-corrected chi connectivity index (χ1v) is 33.4. The predicted octanol–water partition coefficient (Wildman–Crippen LogP) is 23.0. The standard InChI is InChI=1S/C73H124O6/c1-4-7-10-13-16-19-22-25-28-30-32-33-34-35-36-37-38-39-41-42-45-48-51-54-57-60-63-66-72(75)78-69-70(68-77-71(74)65-62-59-56-53-50-47-44-27-24-21-18-15-12-9-6-3)79-73(76)67-64-61-58-55-52-49-46-43-40-31-29-26-23-20-17-14-11-8-5-2/h8,11,17,20,22,25-27,29-30,32,40,43-44,49,52,58,61,70H,4-7,9-10,12-16,18-19,21,23-24,28,31,33-39,41-42,45-48,50-51,53-57,59-60,62-69H2,1-3H3/b11-8-,20-17-,25-22-,29-26-,32-30-,43-40-,44-27-,52-49-,61-58-. The van der Waals surface area contributed by atoms with Crippen LogP contribution in [0.2, 0.25) is 0 Å². The van der Waals surface area contributed by atoms with Crippen LogP contribution in [0.4, 0.5) is 0 Å². The fourth-order valence-electron chi connectivity index (χ4n) is 9.26. The lowest BCUT2D eigenvalue weighted by Crippen LogP contribution is -2.30. The fraction of sp³-hybridized carbons (Fsp3) is 0.712. The minimum Gasteiger partial charge on any atom is -0.462 e. The van der Waals surface area contributed by atoms with Crippen LogP contribution in [0.25, 0.3) is 0 Å². The maximum Gasteiger partial charge on any atom is 0.306 e. The number of hydrogen-bond acceptors (Lipinski definition) is 6. The molecule has 0 spiro atoms. The SMILES string of the molecule is CC/C=C\C/C=C\C/C=C\C/C=C\C/C=C\C/C=C\CCC(=O)OC(COC(=O)CCCCCCC/C=C\CCCCCCCC)COC(=O)CCCCCCCCCCCCCCCCC/C=C\C/C=C\CCCCCCC. The van der Waals surface area contributed by atoms with Crippen molar-refractivity contribution in [2.45, 2.75) is 322 Å². The molecule has 0 aromatic rings. The molecule has 6 nitrogen and oxygen atoms in total. The van der Waals surface area contributed by atoms with E-state index in [1.54, 1.807) is 0 Å². The second kappa shape index (κ2) is 66.6. The van der Waals surface area contributed by atoms with E-state index >= 15 is 0 Å². The first-order chi connectivity index (χ1) is 39.0. The number of ether oxygens (including phenoxy) is 3. The van der Waals surface area contributed by atoms with Gasteiger partial charge in [-0.15, -0.1) is 0 Å². The van der Waals surface area contributed by atoms with Crippen molar-refractivity contribution in [2.75, 3.05) is 13.2 Å². The Morgan fingerprint density at radius 2 is 0.519 bits per heavy atom. The highest BCUT2D eigenvalue weighted by Gasteiger charge is 2.19. The lowest BCUT2D eigenvalue weighted by Gasteiger charge is -2.18. The van der Waals surface area contributed by atoms with Crippen molar-refractivity contribution >= 4 is 17.9 Å². The van der Waals surface area contributed by atoms with Gasteiger partial charge < -0.3 is 14.2 Å². The van der Waals surface area contributed by atoms with E-state index in [0.717, 1.165) is 96.3 Å². The van der Waals surface area contributed by atoms with Crippen LogP contribution in [0.5, 0.6) is 0 Å². The van der Waals surface area contributed by atoms with Crippen LogP contribution in [-0.2, 0) is 28.6 Å². The van der Waals surface area contributed by atoms with E-state index in [-0.39, 0.29) is 31.6 Å². The Bertz CT molecular complexity index is 1590. The largest absolute Gasteiger partial charge is 0.462 e. The van der Waals surface area contributed by atoms with Gasteiger partial charge in [0.2, 0.25) is 0 Å². The molecule has 0 aliphatic rings. The van der Waals surface area contributed by atoms with Gasteiger partial charge in [-0.1, -0.05) is 291 Å². The molecule has 0 amide bonds. The molecule has 0 bridgehead atoms. The molecule has 1 atom stereocenters. The molecule has 0 rings (SSSR count). The van der Waals surface area contributed by atoms with Crippen molar-refractivity contribution in [3.8, 4) is 0 Å². The van der Waals surface area contributed by atoms with Crippen molar-refractivity contribution in [2.24, 2.45) is 0 Å². The van der Waals surface area contributed by atoms with Gasteiger partial charge in [-0.3, -0.25) is 14.4 Å². The second-order valence-electron chi connectivity index (χ2n) is 22.0.